The maximum Gasteiger partial charge on any atom is 0.187 e. The Labute approximate surface area is 199 Å². The van der Waals surface area contributed by atoms with E-state index in [1.807, 2.05) is 0 Å². The minimum absolute atomic E-state index is 0.481. The van der Waals surface area contributed by atoms with E-state index in [9.17, 15) is 0 Å². The first-order chi connectivity index (χ1) is 14.7. The van der Waals surface area contributed by atoms with E-state index < -0.39 is 11.1 Å². The van der Waals surface area contributed by atoms with Crippen LogP contribution >= 0.6 is 23.2 Å². The molecule has 0 amide bonds. The third-order valence-corrected chi connectivity index (χ3v) is 6.18. The zero-order chi connectivity index (χ0) is 22.1. The van der Waals surface area contributed by atoms with Gasteiger partial charge in [0.1, 0.15) is 0 Å². The van der Waals surface area contributed by atoms with E-state index in [0.717, 1.165) is 12.8 Å². The normalized spacial score (nSPS) is 11.8. The van der Waals surface area contributed by atoms with Gasteiger partial charge in [0, 0.05) is 13.2 Å². The number of rotatable bonds is 25. The third kappa shape index (κ3) is 23.2. The highest BCUT2D eigenvalue weighted by Gasteiger charge is 2.17. The Hall–Kier alpha value is 0.500. The van der Waals surface area contributed by atoms with Crippen LogP contribution in [0.15, 0.2) is 0 Å². The van der Waals surface area contributed by atoms with Crippen LogP contribution in [-0.2, 0) is 9.47 Å². The van der Waals surface area contributed by atoms with Crippen molar-refractivity contribution in [2.45, 2.75) is 153 Å². The lowest BCUT2D eigenvalue weighted by molar-refractivity contribution is -0.135. The van der Waals surface area contributed by atoms with Crippen LogP contribution in [0.5, 0.6) is 0 Å². The van der Waals surface area contributed by atoms with Crippen molar-refractivity contribution in [1.29, 1.82) is 0 Å². The van der Waals surface area contributed by atoms with Crippen LogP contribution in [0.3, 0.4) is 0 Å². The van der Waals surface area contributed by atoms with Crippen molar-refractivity contribution in [2.24, 2.45) is 0 Å². The zero-order valence-electron chi connectivity index (χ0n) is 20.3. The lowest BCUT2D eigenvalue weighted by Crippen LogP contribution is -2.25. The maximum absolute atomic E-state index is 6.03. The van der Waals surface area contributed by atoms with Crippen molar-refractivity contribution in [2.75, 3.05) is 13.2 Å². The second-order valence-electron chi connectivity index (χ2n) is 8.81. The van der Waals surface area contributed by atoms with Crippen molar-refractivity contribution in [3.63, 3.8) is 0 Å². The summed E-state index contributed by atoms with van der Waals surface area (Å²) in [7, 11) is 0. The van der Waals surface area contributed by atoms with Gasteiger partial charge in [-0.2, -0.15) is 0 Å². The van der Waals surface area contributed by atoms with Gasteiger partial charge in [0.25, 0.3) is 0 Å². The monoisotopic (exact) mass is 466 g/mol. The smallest absolute Gasteiger partial charge is 0.187 e. The van der Waals surface area contributed by atoms with Crippen molar-refractivity contribution in [3.05, 3.63) is 0 Å². The predicted molar refractivity (Wildman–Crippen MR) is 135 cm³/mol. The minimum atomic E-state index is -0.615. The van der Waals surface area contributed by atoms with Crippen molar-refractivity contribution >= 4 is 23.2 Å². The first-order valence-corrected chi connectivity index (χ1v) is 14.1. The molecule has 4 heteroatoms. The van der Waals surface area contributed by atoms with Crippen LogP contribution in [0, 0.1) is 0 Å². The summed E-state index contributed by atoms with van der Waals surface area (Å²) in [6.07, 6.45) is 26.0. The summed E-state index contributed by atoms with van der Waals surface area (Å²) in [6.45, 7) is 5.92. The molecule has 0 saturated carbocycles. The molecule has 0 rings (SSSR count). The Morgan fingerprint density at radius 1 is 0.433 bits per heavy atom. The average Bonchev–Trinajstić information content (AvgIpc) is 2.74. The first kappa shape index (κ1) is 30.5. The third-order valence-electron chi connectivity index (χ3n) is 5.77. The number of alkyl halides is 2. The van der Waals surface area contributed by atoms with E-state index in [1.54, 1.807) is 0 Å². The van der Waals surface area contributed by atoms with Crippen LogP contribution in [0.2, 0.25) is 0 Å². The highest BCUT2D eigenvalue weighted by atomic mass is 35.5. The van der Waals surface area contributed by atoms with Crippen molar-refractivity contribution < 1.29 is 9.47 Å². The van der Waals surface area contributed by atoms with E-state index in [4.69, 9.17) is 32.7 Å². The van der Waals surface area contributed by atoms with Crippen LogP contribution in [0.25, 0.3) is 0 Å². The largest absolute Gasteiger partial charge is 0.350 e. The molecule has 0 radical (unpaired) electrons. The number of ether oxygens (including phenoxy) is 2. The standard InChI is InChI=1S/C26H52Cl2O2/c1-3-5-7-9-11-13-15-17-19-21-23-29-26(25(27)28)30-24-22-20-18-16-14-12-10-8-6-4-2/h25-26H,3-24H2,1-2H3. The van der Waals surface area contributed by atoms with E-state index >= 15 is 0 Å². The van der Waals surface area contributed by atoms with E-state index in [-0.39, 0.29) is 0 Å². The van der Waals surface area contributed by atoms with Gasteiger partial charge in [0.05, 0.1) is 0 Å². The zero-order valence-corrected chi connectivity index (χ0v) is 21.8. The Balaban J connectivity index is 3.42. The van der Waals surface area contributed by atoms with Gasteiger partial charge in [0.2, 0.25) is 0 Å². The number of hydrogen-bond donors (Lipinski definition) is 0. The van der Waals surface area contributed by atoms with Crippen LogP contribution in [0.1, 0.15) is 142 Å². The number of hydrogen-bond acceptors (Lipinski definition) is 2. The summed E-state index contributed by atoms with van der Waals surface area (Å²) in [6, 6.07) is 0. The minimum Gasteiger partial charge on any atom is -0.350 e. The van der Waals surface area contributed by atoms with E-state index in [1.165, 1.54) is 116 Å². The molecule has 0 unspecified atom stereocenters. The average molecular weight is 468 g/mol. The summed E-state index contributed by atoms with van der Waals surface area (Å²) in [5.41, 5.74) is 0. The Morgan fingerprint density at radius 2 is 0.700 bits per heavy atom. The van der Waals surface area contributed by atoms with Gasteiger partial charge in [-0.1, -0.05) is 153 Å². The molecule has 0 aromatic rings. The molecule has 0 atom stereocenters. The Kier molecular flexibility index (Phi) is 26.2. The maximum atomic E-state index is 6.03. The molecule has 0 aliphatic carbocycles. The van der Waals surface area contributed by atoms with Crippen LogP contribution < -0.4 is 0 Å². The predicted octanol–water partition coefficient (Wildman–Crippen LogP) is 9.99. The molecule has 0 aromatic carbocycles. The Bertz CT molecular complexity index is 287. The molecule has 0 aliphatic rings. The Morgan fingerprint density at radius 3 is 0.967 bits per heavy atom. The lowest BCUT2D eigenvalue weighted by Gasteiger charge is -2.19. The van der Waals surface area contributed by atoms with Gasteiger partial charge in [-0.05, 0) is 12.8 Å². The SMILES string of the molecule is CCCCCCCCCCCCOC(OCCCCCCCCCCCC)C(Cl)Cl. The van der Waals surface area contributed by atoms with Gasteiger partial charge in [-0.25, -0.2) is 0 Å². The van der Waals surface area contributed by atoms with Crippen molar-refractivity contribution in [3.8, 4) is 0 Å². The van der Waals surface area contributed by atoms with Gasteiger partial charge in [-0.3, -0.25) is 0 Å². The fourth-order valence-corrected chi connectivity index (χ4v) is 4.06. The fourth-order valence-electron chi connectivity index (χ4n) is 3.77. The summed E-state index contributed by atoms with van der Waals surface area (Å²) in [4.78, 5) is -0.615. The molecule has 0 aromatic heterocycles. The molecule has 0 fully saturated rings. The highest BCUT2D eigenvalue weighted by molar-refractivity contribution is 6.44. The molecule has 0 heterocycles. The molecule has 0 saturated heterocycles. The molecule has 0 spiro atoms. The van der Waals surface area contributed by atoms with Crippen molar-refractivity contribution in [1.82, 2.24) is 0 Å². The fraction of sp³-hybridized carbons (Fsp3) is 1.00. The second-order valence-corrected chi connectivity index (χ2v) is 9.97. The lowest BCUT2D eigenvalue weighted by atomic mass is 10.1. The quantitative estimate of drug-likeness (QED) is 0.0755. The van der Waals surface area contributed by atoms with E-state index in [2.05, 4.69) is 13.8 Å². The summed E-state index contributed by atoms with van der Waals surface area (Å²) in [5, 5.41) is 0. The molecular weight excluding hydrogens is 415 g/mol. The molecular formula is C26H52Cl2O2. The first-order valence-electron chi connectivity index (χ1n) is 13.2. The summed E-state index contributed by atoms with van der Waals surface area (Å²) in [5.74, 6) is 0. The van der Waals surface area contributed by atoms with Gasteiger partial charge < -0.3 is 9.47 Å². The molecule has 2 nitrogen and oxygen atoms in total. The van der Waals surface area contributed by atoms with Crippen LogP contribution in [-0.4, -0.2) is 24.3 Å². The van der Waals surface area contributed by atoms with Gasteiger partial charge in [0.15, 0.2) is 11.1 Å². The highest BCUT2D eigenvalue weighted by Crippen LogP contribution is 2.16. The number of halogens is 2. The summed E-state index contributed by atoms with van der Waals surface area (Å²) >= 11 is 12.1. The van der Waals surface area contributed by atoms with Gasteiger partial charge in [-0.15, -0.1) is 0 Å². The molecule has 0 bridgehead atoms. The molecule has 182 valence electrons. The second kappa shape index (κ2) is 25.8. The topological polar surface area (TPSA) is 18.5 Å². The summed E-state index contributed by atoms with van der Waals surface area (Å²) < 4.78 is 11.6. The van der Waals surface area contributed by atoms with Gasteiger partial charge >= 0.3 is 0 Å². The van der Waals surface area contributed by atoms with Crippen LogP contribution in [0.4, 0.5) is 0 Å². The molecule has 0 N–H and O–H groups in total. The van der Waals surface area contributed by atoms with E-state index in [0.29, 0.717) is 13.2 Å². The molecule has 30 heavy (non-hydrogen) atoms. The molecule has 0 aliphatic heterocycles. The number of unbranched alkanes of at least 4 members (excludes halogenated alkanes) is 18.